The van der Waals surface area contributed by atoms with Crippen molar-refractivity contribution in [2.24, 2.45) is 5.92 Å². The highest BCUT2D eigenvalue weighted by molar-refractivity contribution is 5.36. The van der Waals surface area contributed by atoms with Gasteiger partial charge in [0.15, 0.2) is 0 Å². The van der Waals surface area contributed by atoms with Crippen molar-refractivity contribution in [3.8, 4) is 5.75 Å². The minimum Gasteiger partial charge on any atom is -0.508 e. The monoisotopic (exact) mass is 290 g/mol. The number of quaternary nitrogens is 1. The highest BCUT2D eigenvalue weighted by Crippen LogP contribution is 2.38. The molecule has 2 nitrogen and oxygen atoms in total. The number of benzene rings is 1. The van der Waals surface area contributed by atoms with E-state index in [9.17, 15) is 5.11 Å². The normalized spacial score (nSPS) is 22.7. The largest absolute Gasteiger partial charge is 0.508 e. The van der Waals surface area contributed by atoms with E-state index in [1.807, 2.05) is 12.1 Å². The van der Waals surface area contributed by atoms with Crippen molar-refractivity contribution < 1.29 is 10.0 Å². The summed E-state index contributed by atoms with van der Waals surface area (Å²) in [6, 6.07) is 6.33. The molecule has 1 aromatic rings. The third-order valence-corrected chi connectivity index (χ3v) is 4.83. The van der Waals surface area contributed by atoms with Gasteiger partial charge in [0.25, 0.3) is 0 Å². The highest BCUT2D eigenvalue weighted by Gasteiger charge is 2.28. The lowest BCUT2D eigenvalue weighted by atomic mass is 9.75. The molecule has 0 aliphatic heterocycles. The molecule has 2 heteroatoms. The Morgan fingerprint density at radius 3 is 2.62 bits per heavy atom. The summed E-state index contributed by atoms with van der Waals surface area (Å²) in [5.41, 5.74) is 2.69. The fourth-order valence-corrected chi connectivity index (χ4v) is 3.85. The van der Waals surface area contributed by atoms with Crippen LogP contribution in [0.25, 0.3) is 0 Å². The molecule has 2 rings (SSSR count). The maximum Gasteiger partial charge on any atom is 0.116 e. The summed E-state index contributed by atoms with van der Waals surface area (Å²) in [6.45, 7) is 3.46. The van der Waals surface area contributed by atoms with Crippen LogP contribution in [0.15, 0.2) is 18.2 Å². The van der Waals surface area contributed by atoms with Gasteiger partial charge in [-0.15, -0.1) is 0 Å². The van der Waals surface area contributed by atoms with Gasteiger partial charge in [-0.25, -0.2) is 0 Å². The molecule has 1 fully saturated rings. The fraction of sp³-hybridized carbons (Fsp3) is 0.684. The van der Waals surface area contributed by atoms with E-state index in [4.69, 9.17) is 0 Å². The third-order valence-electron chi connectivity index (χ3n) is 4.83. The molecule has 0 heterocycles. The molecule has 1 aliphatic carbocycles. The van der Waals surface area contributed by atoms with Crippen LogP contribution < -0.4 is 4.90 Å². The van der Waals surface area contributed by atoms with Gasteiger partial charge in [-0.3, -0.25) is 0 Å². The van der Waals surface area contributed by atoms with Crippen LogP contribution in [-0.2, 0) is 6.42 Å². The molecule has 0 saturated heterocycles. The molecule has 1 aromatic carbocycles. The highest BCUT2D eigenvalue weighted by atomic mass is 16.3. The summed E-state index contributed by atoms with van der Waals surface area (Å²) >= 11 is 0. The van der Waals surface area contributed by atoms with Crippen molar-refractivity contribution in [3.63, 3.8) is 0 Å². The predicted molar refractivity (Wildman–Crippen MR) is 89.1 cm³/mol. The van der Waals surface area contributed by atoms with Crippen molar-refractivity contribution in [1.29, 1.82) is 0 Å². The minimum atomic E-state index is 0.458. The standard InChI is InChI=1S/C19H31NO/c1-4-5-8-15-11-17(13-18(21)12-15)19-10-7-6-9-16(19)14-20(2)3/h11-13,16,19,21H,4-10,14H2,1-3H3/p+1. The minimum absolute atomic E-state index is 0.458. The maximum atomic E-state index is 10.1. The molecule has 2 atom stereocenters. The number of hydrogen-bond acceptors (Lipinski definition) is 1. The van der Waals surface area contributed by atoms with E-state index in [2.05, 4.69) is 27.1 Å². The molecule has 0 radical (unpaired) electrons. The first-order chi connectivity index (χ1) is 10.1. The van der Waals surface area contributed by atoms with Gasteiger partial charge < -0.3 is 10.0 Å². The Morgan fingerprint density at radius 2 is 1.90 bits per heavy atom. The first-order valence-corrected chi connectivity index (χ1v) is 8.72. The quantitative estimate of drug-likeness (QED) is 0.826. The van der Waals surface area contributed by atoms with Crippen LogP contribution in [0.1, 0.15) is 62.5 Å². The van der Waals surface area contributed by atoms with Gasteiger partial charge in [-0.2, -0.15) is 0 Å². The zero-order valence-electron chi connectivity index (χ0n) is 14.0. The van der Waals surface area contributed by atoms with Gasteiger partial charge in [-0.05, 0) is 54.9 Å². The van der Waals surface area contributed by atoms with Crippen molar-refractivity contribution in [2.45, 2.75) is 57.8 Å². The molecule has 0 spiro atoms. The molecule has 0 aromatic heterocycles. The third kappa shape index (κ3) is 4.74. The second-order valence-electron chi connectivity index (χ2n) is 7.10. The molecule has 2 unspecified atom stereocenters. The van der Waals surface area contributed by atoms with Crippen LogP contribution in [0, 0.1) is 5.92 Å². The van der Waals surface area contributed by atoms with E-state index >= 15 is 0 Å². The Hall–Kier alpha value is -1.02. The van der Waals surface area contributed by atoms with Crippen LogP contribution in [0.2, 0.25) is 0 Å². The molecular weight excluding hydrogens is 258 g/mol. The lowest BCUT2D eigenvalue weighted by molar-refractivity contribution is -0.862. The number of aryl methyl sites for hydroxylation is 1. The summed E-state index contributed by atoms with van der Waals surface area (Å²) < 4.78 is 0. The number of rotatable bonds is 6. The summed E-state index contributed by atoms with van der Waals surface area (Å²) in [6.07, 6.45) is 8.85. The fourth-order valence-electron chi connectivity index (χ4n) is 3.85. The van der Waals surface area contributed by atoms with Gasteiger partial charge in [0.2, 0.25) is 0 Å². The number of aromatic hydroxyl groups is 1. The molecule has 21 heavy (non-hydrogen) atoms. The molecule has 0 bridgehead atoms. The average molecular weight is 290 g/mol. The molecular formula is C19H32NO+. The summed E-state index contributed by atoms with van der Waals surface area (Å²) in [7, 11) is 4.50. The average Bonchev–Trinajstić information content (AvgIpc) is 2.44. The summed E-state index contributed by atoms with van der Waals surface area (Å²) in [5, 5.41) is 10.1. The zero-order chi connectivity index (χ0) is 15.2. The summed E-state index contributed by atoms with van der Waals surface area (Å²) in [4.78, 5) is 1.54. The Balaban J connectivity index is 2.18. The van der Waals surface area contributed by atoms with Crippen LogP contribution in [0.3, 0.4) is 0 Å². The van der Waals surface area contributed by atoms with E-state index in [0.717, 1.165) is 12.3 Å². The van der Waals surface area contributed by atoms with E-state index in [0.29, 0.717) is 11.7 Å². The van der Waals surface area contributed by atoms with Crippen LogP contribution in [0.5, 0.6) is 5.75 Å². The Bertz CT molecular complexity index is 441. The molecule has 1 saturated carbocycles. The SMILES string of the molecule is CCCCc1cc(O)cc(C2CCCCC2C[NH+](C)C)c1. The van der Waals surface area contributed by atoms with Gasteiger partial charge in [-0.1, -0.05) is 32.3 Å². The first kappa shape index (κ1) is 16.4. The Morgan fingerprint density at radius 1 is 1.14 bits per heavy atom. The van der Waals surface area contributed by atoms with E-state index in [-0.39, 0.29) is 0 Å². The number of unbranched alkanes of at least 4 members (excludes halogenated alkanes) is 1. The number of nitrogens with one attached hydrogen (secondary N) is 1. The van der Waals surface area contributed by atoms with Crippen LogP contribution >= 0.6 is 0 Å². The van der Waals surface area contributed by atoms with Crippen molar-refractivity contribution in [2.75, 3.05) is 20.6 Å². The smallest absolute Gasteiger partial charge is 0.116 e. The van der Waals surface area contributed by atoms with E-state index in [1.165, 1.54) is 56.2 Å². The second-order valence-corrected chi connectivity index (χ2v) is 7.10. The zero-order valence-corrected chi connectivity index (χ0v) is 14.0. The maximum absolute atomic E-state index is 10.1. The van der Waals surface area contributed by atoms with Crippen molar-refractivity contribution >= 4 is 0 Å². The number of phenolic OH excluding ortho intramolecular Hbond substituents is 1. The Labute approximate surface area is 130 Å². The molecule has 0 amide bonds. The molecule has 2 N–H and O–H groups in total. The van der Waals surface area contributed by atoms with Gasteiger partial charge in [0, 0.05) is 5.92 Å². The topological polar surface area (TPSA) is 24.7 Å². The predicted octanol–water partition coefficient (Wildman–Crippen LogP) is 3.15. The lowest BCUT2D eigenvalue weighted by Gasteiger charge is -2.32. The van der Waals surface area contributed by atoms with Crippen LogP contribution in [0.4, 0.5) is 0 Å². The van der Waals surface area contributed by atoms with E-state index in [1.54, 1.807) is 4.90 Å². The van der Waals surface area contributed by atoms with Gasteiger partial charge in [0.05, 0.1) is 20.6 Å². The Kier molecular flexibility index (Phi) is 6.10. The summed E-state index contributed by atoms with van der Waals surface area (Å²) in [5.74, 6) is 1.87. The van der Waals surface area contributed by atoms with Crippen molar-refractivity contribution in [3.05, 3.63) is 29.3 Å². The van der Waals surface area contributed by atoms with Crippen LogP contribution in [-0.4, -0.2) is 25.7 Å². The molecule has 1 aliphatic rings. The van der Waals surface area contributed by atoms with Crippen molar-refractivity contribution in [1.82, 2.24) is 0 Å². The van der Waals surface area contributed by atoms with E-state index < -0.39 is 0 Å². The number of phenols is 1. The number of hydrogen-bond donors (Lipinski definition) is 2. The first-order valence-electron chi connectivity index (χ1n) is 8.72. The van der Waals surface area contributed by atoms with Gasteiger partial charge in [0.1, 0.15) is 5.75 Å². The van der Waals surface area contributed by atoms with Gasteiger partial charge >= 0.3 is 0 Å². The second kappa shape index (κ2) is 7.84. The lowest BCUT2D eigenvalue weighted by Crippen LogP contribution is -3.06. The molecule has 118 valence electrons.